The molecule has 2 atom stereocenters. The number of pyridine rings is 1. The molecular formula is C13H21N3. The van der Waals surface area contributed by atoms with Gasteiger partial charge in [-0.05, 0) is 39.4 Å². The van der Waals surface area contributed by atoms with E-state index in [4.69, 9.17) is 0 Å². The lowest BCUT2D eigenvalue weighted by Gasteiger charge is -2.13. The molecule has 1 aliphatic rings. The van der Waals surface area contributed by atoms with Crippen LogP contribution in [0, 0.1) is 6.92 Å². The third kappa shape index (κ3) is 2.80. The summed E-state index contributed by atoms with van der Waals surface area (Å²) in [5.41, 5.74) is 2.23. The summed E-state index contributed by atoms with van der Waals surface area (Å²) >= 11 is 0. The van der Waals surface area contributed by atoms with E-state index in [9.17, 15) is 0 Å². The summed E-state index contributed by atoms with van der Waals surface area (Å²) in [6, 6.07) is 7.50. The maximum Gasteiger partial charge on any atom is 0.0544 e. The SMILES string of the molecule is Cc1cccc(CNC2CC(C)N(C)C2)n1. The van der Waals surface area contributed by atoms with Crippen molar-refractivity contribution in [3.63, 3.8) is 0 Å². The fraction of sp³-hybridized carbons (Fsp3) is 0.615. The molecule has 0 aromatic carbocycles. The van der Waals surface area contributed by atoms with Crippen LogP contribution in [0.2, 0.25) is 0 Å². The Balaban J connectivity index is 1.84. The van der Waals surface area contributed by atoms with Gasteiger partial charge >= 0.3 is 0 Å². The van der Waals surface area contributed by atoms with Gasteiger partial charge in [-0.25, -0.2) is 0 Å². The highest BCUT2D eigenvalue weighted by atomic mass is 15.2. The fourth-order valence-electron chi connectivity index (χ4n) is 2.29. The van der Waals surface area contributed by atoms with Crippen LogP contribution in [0.15, 0.2) is 18.2 Å². The van der Waals surface area contributed by atoms with Crippen molar-refractivity contribution in [2.24, 2.45) is 0 Å². The topological polar surface area (TPSA) is 28.2 Å². The van der Waals surface area contributed by atoms with Crippen LogP contribution in [0.3, 0.4) is 0 Å². The Morgan fingerprint density at radius 2 is 2.31 bits per heavy atom. The third-order valence-electron chi connectivity index (χ3n) is 3.40. The number of likely N-dealkylation sites (tertiary alicyclic amines) is 1. The van der Waals surface area contributed by atoms with E-state index in [0.717, 1.165) is 24.5 Å². The van der Waals surface area contributed by atoms with Gasteiger partial charge in [-0.15, -0.1) is 0 Å². The lowest BCUT2D eigenvalue weighted by molar-refractivity contribution is 0.326. The quantitative estimate of drug-likeness (QED) is 0.836. The molecular weight excluding hydrogens is 198 g/mol. The fourth-order valence-corrected chi connectivity index (χ4v) is 2.29. The third-order valence-corrected chi connectivity index (χ3v) is 3.40. The molecule has 1 aliphatic heterocycles. The Bertz CT molecular complexity index is 341. The average Bonchev–Trinajstić information content (AvgIpc) is 2.56. The normalized spacial score (nSPS) is 26.2. The number of hydrogen-bond acceptors (Lipinski definition) is 3. The minimum absolute atomic E-state index is 0.613. The molecule has 1 aromatic rings. The van der Waals surface area contributed by atoms with Gasteiger partial charge in [0.15, 0.2) is 0 Å². The molecule has 2 unspecified atom stereocenters. The van der Waals surface area contributed by atoms with E-state index >= 15 is 0 Å². The average molecular weight is 219 g/mol. The zero-order chi connectivity index (χ0) is 11.5. The largest absolute Gasteiger partial charge is 0.307 e. The number of hydrogen-bond donors (Lipinski definition) is 1. The molecule has 0 aliphatic carbocycles. The standard InChI is InChI=1S/C13H21N3/c1-10-5-4-6-12(15-10)8-14-13-7-11(2)16(3)9-13/h4-6,11,13-14H,7-9H2,1-3H3. The first-order valence-corrected chi connectivity index (χ1v) is 6.01. The van der Waals surface area contributed by atoms with Crippen LogP contribution in [0.25, 0.3) is 0 Å². The Hall–Kier alpha value is -0.930. The van der Waals surface area contributed by atoms with Crippen LogP contribution >= 0.6 is 0 Å². The molecule has 0 saturated carbocycles. The van der Waals surface area contributed by atoms with Crippen LogP contribution < -0.4 is 5.32 Å². The van der Waals surface area contributed by atoms with Crippen molar-refractivity contribution in [1.29, 1.82) is 0 Å². The first kappa shape index (κ1) is 11.6. The molecule has 16 heavy (non-hydrogen) atoms. The van der Waals surface area contributed by atoms with Crippen molar-refractivity contribution >= 4 is 0 Å². The Morgan fingerprint density at radius 3 is 2.94 bits per heavy atom. The van der Waals surface area contributed by atoms with Crippen molar-refractivity contribution in [3.8, 4) is 0 Å². The molecule has 1 N–H and O–H groups in total. The summed E-state index contributed by atoms with van der Waals surface area (Å²) in [6.07, 6.45) is 1.24. The smallest absolute Gasteiger partial charge is 0.0544 e. The van der Waals surface area contributed by atoms with E-state index < -0.39 is 0 Å². The van der Waals surface area contributed by atoms with Gasteiger partial charge in [0.05, 0.1) is 5.69 Å². The van der Waals surface area contributed by atoms with Crippen molar-refractivity contribution in [3.05, 3.63) is 29.6 Å². The van der Waals surface area contributed by atoms with Gasteiger partial charge in [0.2, 0.25) is 0 Å². The Kier molecular flexibility index (Phi) is 3.56. The molecule has 3 heteroatoms. The highest BCUT2D eigenvalue weighted by molar-refractivity contribution is 5.09. The minimum Gasteiger partial charge on any atom is -0.307 e. The van der Waals surface area contributed by atoms with Crippen molar-refractivity contribution in [2.75, 3.05) is 13.6 Å². The van der Waals surface area contributed by atoms with Crippen LogP contribution in [-0.4, -0.2) is 35.6 Å². The van der Waals surface area contributed by atoms with E-state index in [1.165, 1.54) is 6.42 Å². The van der Waals surface area contributed by atoms with Gasteiger partial charge in [0.25, 0.3) is 0 Å². The second kappa shape index (κ2) is 4.93. The molecule has 2 rings (SSSR count). The summed E-state index contributed by atoms with van der Waals surface area (Å²) < 4.78 is 0. The van der Waals surface area contributed by atoms with Crippen LogP contribution in [0.1, 0.15) is 24.7 Å². The summed E-state index contributed by atoms with van der Waals surface area (Å²) in [6.45, 7) is 6.35. The highest BCUT2D eigenvalue weighted by Crippen LogP contribution is 2.15. The molecule has 2 heterocycles. The van der Waals surface area contributed by atoms with Crippen molar-refractivity contribution < 1.29 is 0 Å². The van der Waals surface area contributed by atoms with Gasteiger partial charge in [0, 0.05) is 30.9 Å². The summed E-state index contributed by atoms with van der Waals surface area (Å²) in [7, 11) is 2.19. The maximum absolute atomic E-state index is 4.50. The van der Waals surface area contributed by atoms with E-state index in [1.807, 2.05) is 13.0 Å². The number of rotatable bonds is 3. The molecule has 1 saturated heterocycles. The first-order valence-electron chi connectivity index (χ1n) is 6.01. The van der Waals surface area contributed by atoms with Gasteiger partial charge < -0.3 is 10.2 Å². The second-order valence-electron chi connectivity index (χ2n) is 4.87. The maximum atomic E-state index is 4.50. The van der Waals surface area contributed by atoms with Crippen LogP contribution in [0.5, 0.6) is 0 Å². The van der Waals surface area contributed by atoms with Crippen LogP contribution in [-0.2, 0) is 6.54 Å². The monoisotopic (exact) mass is 219 g/mol. The number of aryl methyl sites for hydroxylation is 1. The number of nitrogens with one attached hydrogen (secondary N) is 1. The highest BCUT2D eigenvalue weighted by Gasteiger charge is 2.25. The number of nitrogens with zero attached hydrogens (tertiary/aromatic N) is 2. The van der Waals surface area contributed by atoms with E-state index in [1.54, 1.807) is 0 Å². The van der Waals surface area contributed by atoms with Gasteiger partial charge in [-0.1, -0.05) is 6.07 Å². The number of likely N-dealkylation sites (N-methyl/N-ethyl adjacent to an activating group) is 1. The zero-order valence-electron chi connectivity index (χ0n) is 10.4. The molecule has 1 aromatic heterocycles. The summed E-state index contributed by atoms with van der Waals surface area (Å²) in [5.74, 6) is 0. The summed E-state index contributed by atoms with van der Waals surface area (Å²) in [5, 5.41) is 3.58. The first-order chi connectivity index (χ1) is 7.65. The van der Waals surface area contributed by atoms with Gasteiger partial charge in [0.1, 0.15) is 0 Å². The lowest BCUT2D eigenvalue weighted by atomic mass is 10.2. The molecule has 0 spiro atoms. The minimum atomic E-state index is 0.613. The Labute approximate surface area is 97.9 Å². The molecule has 0 amide bonds. The lowest BCUT2D eigenvalue weighted by Crippen LogP contribution is -2.31. The molecule has 88 valence electrons. The van der Waals surface area contributed by atoms with E-state index in [2.05, 4.69) is 41.3 Å². The molecule has 1 fully saturated rings. The molecule has 3 nitrogen and oxygen atoms in total. The summed E-state index contributed by atoms with van der Waals surface area (Å²) in [4.78, 5) is 6.90. The van der Waals surface area contributed by atoms with Gasteiger partial charge in [-0.3, -0.25) is 4.98 Å². The zero-order valence-corrected chi connectivity index (χ0v) is 10.4. The van der Waals surface area contributed by atoms with E-state index in [-0.39, 0.29) is 0 Å². The Morgan fingerprint density at radius 1 is 1.50 bits per heavy atom. The van der Waals surface area contributed by atoms with Gasteiger partial charge in [-0.2, -0.15) is 0 Å². The van der Waals surface area contributed by atoms with Crippen molar-refractivity contribution in [1.82, 2.24) is 15.2 Å². The number of aromatic nitrogens is 1. The van der Waals surface area contributed by atoms with Crippen molar-refractivity contribution in [2.45, 2.75) is 38.9 Å². The predicted octanol–water partition coefficient (Wildman–Crippen LogP) is 1.57. The van der Waals surface area contributed by atoms with E-state index in [0.29, 0.717) is 12.1 Å². The molecule has 0 radical (unpaired) electrons. The molecule has 0 bridgehead atoms. The second-order valence-corrected chi connectivity index (χ2v) is 4.87. The predicted molar refractivity (Wildman–Crippen MR) is 66.3 cm³/mol. The van der Waals surface area contributed by atoms with Crippen LogP contribution in [0.4, 0.5) is 0 Å².